The van der Waals surface area contributed by atoms with Gasteiger partial charge in [0, 0.05) is 19.2 Å². The van der Waals surface area contributed by atoms with E-state index in [0.29, 0.717) is 18.7 Å². The maximum atomic E-state index is 11.6. The predicted octanol–water partition coefficient (Wildman–Crippen LogP) is 2.01. The van der Waals surface area contributed by atoms with E-state index in [9.17, 15) is 9.59 Å². The second kappa shape index (κ2) is 7.35. The Morgan fingerprint density at radius 1 is 1.47 bits per heavy atom. The second-order valence-electron chi connectivity index (χ2n) is 4.51. The minimum Gasteiger partial charge on any atom is -0.481 e. The highest BCUT2D eigenvalue weighted by Crippen LogP contribution is 2.10. The topological polar surface area (TPSA) is 91.3 Å². The fourth-order valence-electron chi connectivity index (χ4n) is 1.52. The van der Waals surface area contributed by atoms with Crippen LogP contribution in [0.4, 0.5) is 10.5 Å². The molecule has 0 spiro atoms. The number of urea groups is 1. The quantitative estimate of drug-likeness (QED) is 0.733. The van der Waals surface area contributed by atoms with Crippen LogP contribution in [-0.2, 0) is 4.79 Å². The lowest BCUT2D eigenvalue weighted by atomic mass is 10.1. The molecule has 1 unspecified atom stereocenters. The van der Waals surface area contributed by atoms with E-state index in [2.05, 4.69) is 15.6 Å². The number of carbonyl (C=O) groups excluding carboxylic acids is 1. The summed E-state index contributed by atoms with van der Waals surface area (Å²) >= 11 is 0. The van der Waals surface area contributed by atoms with Crippen molar-refractivity contribution in [1.29, 1.82) is 0 Å². The number of aromatic nitrogens is 1. The van der Waals surface area contributed by atoms with Gasteiger partial charge in [0.1, 0.15) is 0 Å². The van der Waals surface area contributed by atoms with Gasteiger partial charge < -0.3 is 15.7 Å². The van der Waals surface area contributed by atoms with Gasteiger partial charge in [-0.1, -0.05) is 6.92 Å². The third-order valence-corrected chi connectivity index (χ3v) is 2.72. The van der Waals surface area contributed by atoms with Crippen LogP contribution in [0.15, 0.2) is 18.3 Å². The Hall–Kier alpha value is -2.11. The lowest BCUT2D eigenvalue weighted by Gasteiger charge is -2.13. The average Bonchev–Trinajstić information content (AvgIpc) is 2.36. The number of nitrogens with zero attached hydrogens (tertiary/aromatic N) is 1. The van der Waals surface area contributed by atoms with Gasteiger partial charge in [0.25, 0.3) is 0 Å². The minimum absolute atomic E-state index is 0.117. The molecular weight excluding hydrogens is 246 g/mol. The van der Waals surface area contributed by atoms with Crippen LogP contribution in [0.5, 0.6) is 0 Å². The Bertz CT molecular complexity index is 449. The molecule has 0 bridgehead atoms. The Labute approximate surface area is 112 Å². The van der Waals surface area contributed by atoms with Crippen molar-refractivity contribution in [2.75, 3.05) is 11.9 Å². The Morgan fingerprint density at radius 3 is 2.84 bits per heavy atom. The molecule has 0 aliphatic rings. The fraction of sp³-hybridized carbons (Fsp3) is 0.462. The summed E-state index contributed by atoms with van der Waals surface area (Å²) in [6, 6.07) is 3.21. The fourth-order valence-corrected chi connectivity index (χ4v) is 1.52. The van der Waals surface area contributed by atoms with Gasteiger partial charge >= 0.3 is 12.0 Å². The number of rotatable bonds is 6. The standard InChI is InChI=1S/C13H19N3O3/c1-9(5-6-12(17)18)8-15-13(19)16-11-4-3-7-14-10(11)2/h3-4,7,9H,5-6,8H2,1-2H3,(H,17,18)(H2,15,16,19). The van der Waals surface area contributed by atoms with Crippen LogP contribution in [0.2, 0.25) is 0 Å². The molecule has 0 saturated carbocycles. The molecule has 0 radical (unpaired) electrons. The largest absolute Gasteiger partial charge is 0.481 e. The van der Waals surface area contributed by atoms with E-state index in [4.69, 9.17) is 5.11 Å². The first-order valence-corrected chi connectivity index (χ1v) is 6.17. The van der Waals surface area contributed by atoms with Gasteiger partial charge in [-0.05, 0) is 31.4 Å². The molecule has 104 valence electrons. The van der Waals surface area contributed by atoms with Gasteiger partial charge in [-0.15, -0.1) is 0 Å². The summed E-state index contributed by atoms with van der Waals surface area (Å²) in [5, 5.41) is 14.0. The maximum Gasteiger partial charge on any atom is 0.319 e. The van der Waals surface area contributed by atoms with Crippen molar-refractivity contribution in [3.63, 3.8) is 0 Å². The first-order chi connectivity index (χ1) is 8.99. The van der Waals surface area contributed by atoms with Crippen molar-refractivity contribution in [2.45, 2.75) is 26.7 Å². The Kier molecular flexibility index (Phi) is 5.78. The number of pyridine rings is 1. The van der Waals surface area contributed by atoms with Crippen molar-refractivity contribution >= 4 is 17.7 Å². The number of amides is 2. The molecule has 2 amide bonds. The van der Waals surface area contributed by atoms with Crippen LogP contribution >= 0.6 is 0 Å². The van der Waals surface area contributed by atoms with E-state index in [-0.39, 0.29) is 18.4 Å². The monoisotopic (exact) mass is 265 g/mol. The van der Waals surface area contributed by atoms with Gasteiger partial charge in [0.2, 0.25) is 0 Å². The first-order valence-electron chi connectivity index (χ1n) is 6.17. The van der Waals surface area contributed by atoms with Crippen molar-refractivity contribution in [3.05, 3.63) is 24.0 Å². The molecule has 0 fully saturated rings. The van der Waals surface area contributed by atoms with Crippen molar-refractivity contribution in [3.8, 4) is 0 Å². The van der Waals surface area contributed by atoms with E-state index < -0.39 is 5.97 Å². The molecule has 1 heterocycles. The second-order valence-corrected chi connectivity index (χ2v) is 4.51. The normalized spacial score (nSPS) is 11.7. The van der Waals surface area contributed by atoms with Gasteiger partial charge in [0.15, 0.2) is 0 Å². The summed E-state index contributed by atoms with van der Waals surface area (Å²) < 4.78 is 0. The van der Waals surface area contributed by atoms with E-state index in [1.807, 2.05) is 13.8 Å². The Balaban J connectivity index is 2.32. The highest BCUT2D eigenvalue weighted by atomic mass is 16.4. The first kappa shape index (κ1) is 14.9. The smallest absolute Gasteiger partial charge is 0.319 e. The summed E-state index contributed by atoms with van der Waals surface area (Å²) in [4.78, 5) is 26.1. The molecule has 1 aromatic rings. The number of nitrogens with one attached hydrogen (secondary N) is 2. The highest BCUT2D eigenvalue weighted by molar-refractivity contribution is 5.89. The van der Waals surface area contributed by atoms with Crippen molar-refractivity contribution < 1.29 is 14.7 Å². The summed E-state index contributed by atoms with van der Waals surface area (Å²) in [5.41, 5.74) is 1.41. The lowest BCUT2D eigenvalue weighted by molar-refractivity contribution is -0.137. The van der Waals surface area contributed by atoms with Crippen LogP contribution in [0, 0.1) is 12.8 Å². The molecular formula is C13H19N3O3. The Morgan fingerprint density at radius 2 is 2.21 bits per heavy atom. The van der Waals surface area contributed by atoms with Crippen molar-refractivity contribution in [2.24, 2.45) is 5.92 Å². The van der Waals surface area contributed by atoms with Gasteiger partial charge in [-0.3, -0.25) is 9.78 Å². The summed E-state index contributed by atoms with van der Waals surface area (Å²) in [5.74, 6) is -0.695. The lowest BCUT2D eigenvalue weighted by Crippen LogP contribution is -2.32. The van der Waals surface area contributed by atoms with Crippen LogP contribution in [0.25, 0.3) is 0 Å². The molecule has 0 aliphatic carbocycles. The molecule has 3 N–H and O–H groups in total. The van der Waals surface area contributed by atoms with Crippen molar-refractivity contribution in [1.82, 2.24) is 10.3 Å². The van der Waals surface area contributed by atoms with Gasteiger partial charge in [0.05, 0.1) is 11.4 Å². The van der Waals surface area contributed by atoms with Crippen LogP contribution in [-0.4, -0.2) is 28.6 Å². The molecule has 6 heteroatoms. The zero-order valence-electron chi connectivity index (χ0n) is 11.1. The molecule has 6 nitrogen and oxygen atoms in total. The molecule has 0 aromatic carbocycles. The van der Waals surface area contributed by atoms with Gasteiger partial charge in [-0.25, -0.2) is 4.79 Å². The highest BCUT2D eigenvalue weighted by Gasteiger charge is 2.08. The third kappa shape index (κ3) is 5.85. The third-order valence-electron chi connectivity index (χ3n) is 2.72. The van der Waals surface area contributed by atoms with Crippen LogP contribution in [0.3, 0.4) is 0 Å². The maximum absolute atomic E-state index is 11.6. The molecule has 1 aromatic heterocycles. The molecule has 19 heavy (non-hydrogen) atoms. The number of carbonyl (C=O) groups is 2. The van der Waals surface area contributed by atoms with E-state index in [0.717, 1.165) is 5.69 Å². The zero-order valence-corrected chi connectivity index (χ0v) is 11.1. The van der Waals surface area contributed by atoms with Crippen LogP contribution in [0.1, 0.15) is 25.5 Å². The molecule has 0 aliphatic heterocycles. The predicted molar refractivity (Wildman–Crippen MR) is 72.0 cm³/mol. The minimum atomic E-state index is -0.817. The SMILES string of the molecule is Cc1ncccc1NC(=O)NCC(C)CCC(=O)O. The summed E-state index contributed by atoms with van der Waals surface area (Å²) in [6.45, 7) is 4.15. The van der Waals surface area contributed by atoms with Crippen LogP contribution < -0.4 is 10.6 Å². The zero-order chi connectivity index (χ0) is 14.3. The number of carboxylic acid groups (broad SMARTS) is 1. The summed E-state index contributed by atoms with van der Waals surface area (Å²) in [6.07, 6.45) is 2.32. The average molecular weight is 265 g/mol. The van der Waals surface area contributed by atoms with E-state index in [1.54, 1.807) is 18.3 Å². The molecule has 0 saturated heterocycles. The number of hydrogen-bond donors (Lipinski definition) is 3. The molecule has 1 atom stereocenters. The number of hydrogen-bond acceptors (Lipinski definition) is 3. The van der Waals surface area contributed by atoms with E-state index in [1.165, 1.54) is 0 Å². The number of anilines is 1. The summed E-state index contributed by atoms with van der Waals surface area (Å²) in [7, 11) is 0. The number of carboxylic acids is 1. The number of aryl methyl sites for hydroxylation is 1. The number of aliphatic carboxylic acids is 1. The van der Waals surface area contributed by atoms with Gasteiger partial charge in [-0.2, -0.15) is 0 Å². The molecule has 1 rings (SSSR count). The van der Waals surface area contributed by atoms with E-state index >= 15 is 0 Å².